The number of aryl methyl sites for hydroxylation is 2. The van der Waals surface area contributed by atoms with Gasteiger partial charge >= 0.3 is 11.9 Å². The van der Waals surface area contributed by atoms with Crippen molar-refractivity contribution < 1.29 is 48.6 Å². The van der Waals surface area contributed by atoms with Gasteiger partial charge in [-0.1, -0.05) is 36.1 Å². The second kappa shape index (κ2) is 14.9. The van der Waals surface area contributed by atoms with Crippen LogP contribution < -0.4 is 10.6 Å². The van der Waals surface area contributed by atoms with Crippen molar-refractivity contribution in [1.29, 1.82) is 0 Å². The highest BCUT2D eigenvalue weighted by Gasteiger charge is 2.37. The zero-order chi connectivity index (χ0) is 38.8. The van der Waals surface area contributed by atoms with Crippen molar-refractivity contribution in [2.24, 2.45) is 0 Å². The number of benzene rings is 4. The molecule has 4 aromatic rings. The first-order valence-electron chi connectivity index (χ1n) is 17.1. The number of nitrogens with one attached hydrogen (secondary N) is 2. The first-order chi connectivity index (χ1) is 25.7. The third kappa shape index (κ3) is 7.21. The van der Waals surface area contributed by atoms with Crippen molar-refractivity contribution in [3.05, 3.63) is 128 Å². The molecule has 0 bridgehead atoms. The maximum absolute atomic E-state index is 13.2. The molecule has 0 spiro atoms. The van der Waals surface area contributed by atoms with Crippen LogP contribution in [0.15, 0.2) is 72.8 Å². The summed E-state index contributed by atoms with van der Waals surface area (Å²) in [5, 5.41) is 24.1. The average Bonchev–Trinajstić information content (AvgIpc) is 3.53. The SMILES string of the molecule is Cc1ccc(NC(=O)c2ccc3c(c2)C(=O)N(CCCCCCN2C(=O)c4ccc(C(=O)Nc5ccc(C)cc5C(=O)O)cc4C2=O)C3=O)c(C(=O)O)c1. The van der Waals surface area contributed by atoms with E-state index in [1.54, 1.807) is 26.0 Å². The molecule has 0 saturated heterocycles. The van der Waals surface area contributed by atoms with Crippen LogP contribution in [0.1, 0.15) is 120 Å². The van der Waals surface area contributed by atoms with Gasteiger partial charge in [0.25, 0.3) is 35.4 Å². The molecule has 2 heterocycles. The van der Waals surface area contributed by atoms with Gasteiger partial charge in [-0.25, -0.2) is 9.59 Å². The fourth-order valence-electron chi connectivity index (χ4n) is 6.44. The number of amides is 6. The molecule has 14 nitrogen and oxygen atoms in total. The highest BCUT2D eigenvalue weighted by Crippen LogP contribution is 2.28. The summed E-state index contributed by atoms with van der Waals surface area (Å²) < 4.78 is 0. The van der Waals surface area contributed by atoms with Gasteiger partial charge in [0.15, 0.2) is 0 Å². The van der Waals surface area contributed by atoms with E-state index in [0.29, 0.717) is 36.8 Å². The lowest BCUT2D eigenvalue weighted by Gasteiger charge is -2.15. The molecule has 0 radical (unpaired) electrons. The average molecular weight is 731 g/mol. The Morgan fingerprint density at radius 1 is 0.500 bits per heavy atom. The number of rotatable bonds is 13. The molecule has 14 heteroatoms. The van der Waals surface area contributed by atoms with Crippen LogP contribution in [0.3, 0.4) is 0 Å². The van der Waals surface area contributed by atoms with Gasteiger partial charge in [-0.3, -0.25) is 38.6 Å². The predicted molar refractivity (Wildman–Crippen MR) is 194 cm³/mol. The lowest BCUT2D eigenvalue weighted by Crippen LogP contribution is -2.31. The normalized spacial score (nSPS) is 13.2. The number of carbonyl (C=O) groups is 8. The highest BCUT2D eigenvalue weighted by molar-refractivity contribution is 6.23. The Morgan fingerprint density at radius 3 is 1.24 bits per heavy atom. The lowest BCUT2D eigenvalue weighted by atomic mass is 10.0. The Hall–Kier alpha value is -6.96. The number of carboxylic acids is 2. The van der Waals surface area contributed by atoms with E-state index < -0.39 is 47.4 Å². The zero-order valence-electron chi connectivity index (χ0n) is 29.2. The van der Waals surface area contributed by atoms with Crippen LogP contribution in [0.5, 0.6) is 0 Å². The van der Waals surface area contributed by atoms with Crippen molar-refractivity contribution >= 4 is 58.8 Å². The molecule has 2 aliphatic rings. The minimum Gasteiger partial charge on any atom is -0.478 e. The minimum absolute atomic E-state index is 0.0708. The molecule has 0 aromatic heterocycles. The fraction of sp³-hybridized carbons (Fsp3) is 0.200. The Bertz CT molecular complexity index is 2150. The van der Waals surface area contributed by atoms with E-state index in [9.17, 15) is 48.6 Å². The molecule has 274 valence electrons. The predicted octanol–water partition coefficient (Wildman–Crippen LogP) is 5.66. The molecular weight excluding hydrogens is 696 g/mol. The topological polar surface area (TPSA) is 208 Å². The first kappa shape index (κ1) is 36.8. The van der Waals surface area contributed by atoms with E-state index in [0.717, 1.165) is 9.80 Å². The van der Waals surface area contributed by atoms with E-state index in [1.165, 1.54) is 60.7 Å². The molecule has 54 heavy (non-hydrogen) atoms. The van der Waals surface area contributed by atoms with Gasteiger partial charge in [0.05, 0.1) is 44.8 Å². The van der Waals surface area contributed by atoms with Gasteiger partial charge in [0.1, 0.15) is 0 Å². The summed E-state index contributed by atoms with van der Waals surface area (Å²) in [6.45, 7) is 3.69. The third-order valence-electron chi connectivity index (χ3n) is 9.29. The van der Waals surface area contributed by atoms with E-state index in [4.69, 9.17) is 0 Å². The molecule has 0 atom stereocenters. The van der Waals surface area contributed by atoms with Gasteiger partial charge in [-0.15, -0.1) is 0 Å². The molecule has 0 unspecified atom stereocenters. The van der Waals surface area contributed by atoms with Gasteiger partial charge in [0.2, 0.25) is 0 Å². The zero-order valence-corrected chi connectivity index (χ0v) is 29.2. The van der Waals surface area contributed by atoms with Crippen molar-refractivity contribution in [2.75, 3.05) is 23.7 Å². The second-order valence-electron chi connectivity index (χ2n) is 13.1. The largest absolute Gasteiger partial charge is 0.478 e. The standard InChI is InChI=1S/C40H34N4O10/c1-21-7-13-31(29(17-21)39(51)52)41-33(45)23-9-11-25-27(19-23)37(49)43(35(25)47)15-5-3-4-6-16-44-36(48)26-12-10-24(20-28(26)38(44)50)34(46)42-32-14-8-22(2)18-30(32)40(53)54/h7-14,17-20H,3-6,15-16H2,1-2H3,(H,41,45)(H,42,46)(H,51,52)(H,53,54). The van der Waals surface area contributed by atoms with Crippen LogP contribution in [0.25, 0.3) is 0 Å². The Labute approximate surface area is 308 Å². The number of anilines is 2. The van der Waals surface area contributed by atoms with Crippen LogP contribution in [-0.2, 0) is 0 Å². The number of carboxylic acid groups (broad SMARTS) is 2. The Balaban J connectivity index is 0.991. The Kier molecular flexibility index (Phi) is 10.2. The molecule has 2 aliphatic heterocycles. The molecule has 6 amide bonds. The number of nitrogens with zero attached hydrogens (tertiary/aromatic N) is 2. The number of hydrogen-bond donors (Lipinski definition) is 4. The third-order valence-corrected chi connectivity index (χ3v) is 9.29. The van der Waals surface area contributed by atoms with E-state index >= 15 is 0 Å². The molecule has 0 saturated carbocycles. The van der Waals surface area contributed by atoms with E-state index in [-0.39, 0.29) is 69.0 Å². The second-order valence-corrected chi connectivity index (χ2v) is 13.1. The number of unbranched alkanes of at least 4 members (excludes halogenated alkanes) is 3. The highest BCUT2D eigenvalue weighted by atomic mass is 16.4. The van der Waals surface area contributed by atoms with Crippen molar-refractivity contribution in [3.63, 3.8) is 0 Å². The summed E-state index contributed by atoms with van der Waals surface area (Å²) in [7, 11) is 0. The fourth-order valence-corrected chi connectivity index (χ4v) is 6.44. The molecular formula is C40H34N4O10. The van der Waals surface area contributed by atoms with Gasteiger partial charge in [0, 0.05) is 24.2 Å². The molecule has 0 aliphatic carbocycles. The number of imide groups is 2. The van der Waals surface area contributed by atoms with Gasteiger partial charge in [-0.2, -0.15) is 0 Å². The monoisotopic (exact) mass is 730 g/mol. The van der Waals surface area contributed by atoms with Crippen molar-refractivity contribution in [1.82, 2.24) is 9.80 Å². The summed E-state index contributed by atoms with van der Waals surface area (Å²) >= 11 is 0. The number of carbonyl (C=O) groups excluding carboxylic acids is 6. The molecule has 0 fully saturated rings. The van der Waals surface area contributed by atoms with Crippen LogP contribution in [0.4, 0.5) is 11.4 Å². The van der Waals surface area contributed by atoms with Gasteiger partial charge in [-0.05, 0) is 87.4 Å². The summed E-state index contributed by atoms with van der Waals surface area (Å²) in [6, 6.07) is 17.4. The van der Waals surface area contributed by atoms with E-state index in [1.807, 2.05) is 0 Å². The maximum atomic E-state index is 13.2. The summed E-state index contributed by atoms with van der Waals surface area (Å²) in [6.07, 6.45) is 2.06. The van der Waals surface area contributed by atoms with Crippen molar-refractivity contribution in [3.8, 4) is 0 Å². The summed E-state index contributed by atoms with van der Waals surface area (Å²) in [4.78, 5) is 104. The molecule has 4 N–H and O–H groups in total. The summed E-state index contributed by atoms with van der Waals surface area (Å²) in [5.41, 5.74) is 2.05. The minimum atomic E-state index is -1.21. The van der Waals surface area contributed by atoms with Crippen LogP contribution >= 0.6 is 0 Å². The summed E-state index contributed by atoms with van der Waals surface area (Å²) in [5.74, 6) is -5.78. The quantitative estimate of drug-likeness (QED) is 0.0981. The van der Waals surface area contributed by atoms with Crippen LogP contribution in [-0.4, -0.2) is 80.5 Å². The van der Waals surface area contributed by atoms with Crippen LogP contribution in [0.2, 0.25) is 0 Å². The number of hydrogen-bond acceptors (Lipinski definition) is 8. The maximum Gasteiger partial charge on any atom is 0.337 e. The smallest absolute Gasteiger partial charge is 0.337 e. The van der Waals surface area contributed by atoms with Gasteiger partial charge < -0.3 is 20.8 Å². The van der Waals surface area contributed by atoms with Crippen LogP contribution in [0, 0.1) is 13.8 Å². The van der Waals surface area contributed by atoms with Crippen molar-refractivity contribution in [2.45, 2.75) is 39.5 Å². The number of aromatic carboxylic acids is 2. The molecule has 6 rings (SSSR count). The Morgan fingerprint density at radius 2 is 0.870 bits per heavy atom. The lowest BCUT2D eigenvalue weighted by molar-refractivity contribution is 0.0630. The number of fused-ring (bicyclic) bond motifs is 2. The molecule has 4 aromatic carbocycles. The first-order valence-corrected chi connectivity index (χ1v) is 17.1. The van der Waals surface area contributed by atoms with E-state index in [2.05, 4.69) is 10.6 Å².